The Kier molecular flexibility index (Phi) is 10.8. The van der Waals surface area contributed by atoms with Gasteiger partial charge in [0, 0.05) is 6.42 Å². The second-order valence-electron chi connectivity index (χ2n) is 7.05. The Hall–Kier alpha value is -2.61. The second kappa shape index (κ2) is 12.8. The number of carbonyl (C=O) groups excluding carboxylic acids is 4. The molecule has 9 heteroatoms. The number of primary amides is 1. The van der Waals surface area contributed by atoms with Crippen LogP contribution >= 0.6 is 11.6 Å². The third-order valence-electron chi connectivity index (χ3n) is 4.02. The van der Waals surface area contributed by atoms with Crippen LogP contribution < -0.4 is 11.2 Å². The van der Waals surface area contributed by atoms with Gasteiger partial charge in [-0.05, 0) is 17.9 Å². The highest BCUT2D eigenvalue weighted by atomic mass is 35.5. The van der Waals surface area contributed by atoms with Crippen molar-refractivity contribution in [1.82, 2.24) is 10.4 Å². The highest BCUT2D eigenvalue weighted by molar-refractivity contribution is 6.27. The van der Waals surface area contributed by atoms with E-state index in [0.717, 1.165) is 10.6 Å². The number of halogens is 1. The summed E-state index contributed by atoms with van der Waals surface area (Å²) in [6.07, 6.45) is 0.164. The van der Waals surface area contributed by atoms with Crippen LogP contribution in [-0.4, -0.2) is 41.1 Å². The van der Waals surface area contributed by atoms with E-state index in [0.29, 0.717) is 6.42 Å². The molecule has 0 saturated carbocycles. The molecule has 0 aliphatic carbocycles. The van der Waals surface area contributed by atoms with Gasteiger partial charge in [0.15, 0.2) is 0 Å². The van der Waals surface area contributed by atoms with Crippen LogP contribution in [0.3, 0.4) is 0 Å². The number of hydrazine groups is 1. The van der Waals surface area contributed by atoms with E-state index in [1.54, 1.807) is 0 Å². The van der Waals surface area contributed by atoms with E-state index in [2.05, 4.69) is 5.43 Å². The molecule has 1 atom stereocenters. The lowest BCUT2D eigenvalue weighted by atomic mass is 9.93. The van der Waals surface area contributed by atoms with Gasteiger partial charge >= 0.3 is 5.97 Å². The van der Waals surface area contributed by atoms with Crippen LogP contribution in [0, 0.1) is 11.8 Å². The number of hydrogen-bond donors (Lipinski definition) is 2. The molecule has 0 saturated heterocycles. The van der Waals surface area contributed by atoms with Gasteiger partial charge in [0.2, 0.25) is 11.8 Å². The van der Waals surface area contributed by atoms with Crippen LogP contribution in [0.1, 0.15) is 38.7 Å². The number of ether oxygens (including phenoxy) is 1. The van der Waals surface area contributed by atoms with Gasteiger partial charge in [-0.25, -0.2) is 0 Å². The molecule has 0 aliphatic heterocycles. The Morgan fingerprint density at radius 3 is 2.38 bits per heavy atom. The van der Waals surface area contributed by atoms with E-state index in [1.165, 1.54) is 0 Å². The molecule has 3 amide bonds. The smallest absolute Gasteiger partial charge is 0.306 e. The van der Waals surface area contributed by atoms with Gasteiger partial charge in [-0.1, -0.05) is 44.2 Å². The molecule has 0 heterocycles. The van der Waals surface area contributed by atoms with Crippen molar-refractivity contribution in [2.24, 2.45) is 17.6 Å². The molecule has 29 heavy (non-hydrogen) atoms. The molecule has 1 rings (SSSR count). The van der Waals surface area contributed by atoms with E-state index in [9.17, 15) is 19.2 Å². The number of nitrogens with one attached hydrogen (secondary N) is 1. The fraction of sp³-hybridized carbons (Fsp3) is 0.500. The molecule has 0 unspecified atom stereocenters. The summed E-state index contributed by atoms with van der Waals surface area (Å²) in [5.74, 6) is -3.15. The van der Waals surface area contributed by atoms with Crippen molar-refractivity contribution in [3.63, 3.8) is 0 Å². The van der Waals surface area contributed by atoms with Crippen LogP contribution in [0.25, 0.3) is 0 Å². The van der Waals surface area contributed by atoms with E-state index in [-0.39, 0.29) is 37.8 Å². The van der Waals surface area contributed by atoms with Crippen LogP contribution in [0.5, 0.6) is 0 Å². The van der Waals surface area contributed by atoms with Crippen molar-refractivity contribution in [2.75, 3.05) is 12.4 Å². The Balaban J connectivity index is 2.72. The molecule has 0 bridgehead atoms. The quantitative estimate of drug-likeness (QED) is 0.318. The summed E-state index contributed by atoms with van der Waals surface area (Å²) in [5.41, 5.74) is 8.40. The zero-order valence-electron chi connectivity index (χ0n) is 16.7. The first-order chi connectivity index (χ1) is 13.7. The summed E-state index contributed by atoms with van der Waals surface area (Å²) < 4.78 is 5.26. The summed E-state index contributed by atoms with van der Waals surface area (Å²) in [6, 6.07) is 9.21. The van der Waals surface area contributed by atoms with Crippen molar-refractivity contribution < 1.29 is 23.9 Å². The fourth-order valence-electron chi connectivity index (χ4n) is 2.61. The summed E-state index contributed by atoms with van der Waals surface area (Å²) >= 11 is 5.56. The fourth-order valence-corrected chi connectivity index (χ4v) is 2.76. The molecular weight excluding hydrogens is 398 g/mol. The van der Waals surface area contributed by atoms with Crippen molar-refractivity contribution in [3.8, 4) is 0 Å². The first-order valence-electron chi connectivity index (χ1n) is 9.37. The topological polar surface area (TPSA) is 119 Å². The zero-order valence-corrected chi connectivity index (χ0v) is 17.5. The van der Waals surface area contributed by atoms with Gasteiger partial charge in [-0.2, -0.15) is 0 Å². The number of nitrogens with two attached hydrogens (primary N) is 1. The Labute approximate surface area is 175 Å². The van der Waals surface area contributed by atoms with Crippen molar-refractivity contribution >= 4 is 35.3 Å². The van der Waals surface area contributed by atoms with Crippen LogP contribution in [0.15, 0.2) is 30.3 Å². The monoisotopic (exact) mass is 425 g/mol. The molecule has 0 fully saturated rings. The maximum absolute atomic E-state index is 12.7. The number of alkyl halides is 1. The number of hydrogen-bond acceptors (Lipinski definition) is 5. The highest BCUT2D eigenvalue weighted by Gasteiger charge is 2.26. The average molecular weight is 426 g/mol. The first kappa shape index (κ1) is 24.4. The lowest BCUT2D eigenvalue weighted by Gasteiger charge is -2.25. The number of nitrogens with zero attached hydrogens (tertiary/aromatic N) is 1. The first-order valence-corrected chi connectivity index (χ1v) is 9.91. The predicted octanol–water partition coefficient (Wildman–Crippen LogP) is 1.76. The maximum Gasteiger partial charge on any atom is 0.306 e. The normalized spacial score (nSPS) is 11.6. The Morgan fingerprint density at radius 1 is 1.17 bits per heavy atom. The molecule has 0 aliphatic rings. The summed E-state index contributed by atoms with van der Waals surface area (Å²) in [7, 11) is 0. The Morgan fingerprint density at radius 2 is 1.83 bits per heavy atom. The molecule has 1 aromatic rings. The van der Waals surface area contributed by atoms with E-state index in [4.69, 9.17) is 22.1 Å². The van der Waals surface area contributed by atoms with Gasteiger partial charge in [-0.3, -0.25) is 29.6 Å². The molecular formula is C20H28ClN3O5. The van der Waals surface area contributed by atoms with Gasteiger partial charge in [0.1, 0.15) is 12.5 Å². The van der Waals surface area contributed by atoms with Crippen molar-refractivity contribution in [1.29, 1.82) is 0 Å². The van der Waals surface area contributed by atoms with Crippen molar-refractivity contribution in [3.05, 3.63) is 35.9 Å². The van der Waals surface area contributed by atoms with Crippen LogP contribution in [0.2, 0.25) is 0 Å². The molecule has 0 radical (unpaired) electrons. The summed E-state index contributed by atoms with van der Waals surface area (Å²) in [5, 5.41) is 0.961. The predicted molar refractivity (Wildman–Crippen MR) is 108 cm³/mol. The minimum Gasteiger partial charge on any atom is -0.461 e. The second-order valence-corrected chi connectivity index (χ2v) is 7.32. The maximum atomic E-state index is 12.7. The standard InChI is InChI=1S/C20H28ClN3O5/c1-14(2)10-16(11-19(27)29-13-15-6-4-3-5-7-15)20(28)23-24(18(26)12-21)9-8-17(22)25/h3-7,14,16H,8-13H2,1-2H3,(H2,22,25)(H,23,28)/t16-/m1/s1. The number of amides is 3. The third-order valence-corrected chi connectivity index (χ3v) is 4.25. The molecule has 3 N–H and O–H groups in total. The van der Waals surface area contributed by atoms with Crippen LogP contribution in [0.4, 0.5) is 0 Å². The van der Waals surface area contributed by atoms with Crippen molar-refractivity contribution in [2.45, 2.75) is 39.7 Å². The largest absolute Gasteiger partial charge is 0.461 e. The molecule has 1 aromatic carbocycles. The SMILES string of the molecule is CC(C)C[C@H](CC(=O)OCc1ccccc1)C(=O)NN(CCC(N)=O)C(=O)CCl. The van der Waals surface area contributed by atoms with E-state index in [1.807, 2.05) is 44.2 Å². The Bertz CT molecular complexity index is 697. The zero-order chi connectivity index (χ0) is 21.8. The van der Waals surface area contributed by atoms with Gasteiger partial charge in [0.25, 0.3) is 5.91 Å². The molecule has 0 spiro atoms. The van der Waals surface area contributed by atoms with Gasteiger partial charge in [0.05, 0.1) is 18.9 Å². The minimum atomic E-state index is -0.697. The summed E-state index contributed by atoms with van der Waals surface area (Å²) in [4.78, 5) is 47.8. The molecule has 8 nitrogen and oxygen atoms in total. The highest BCUT2D eigenvalue weighted by Crippen LogP contribution is 2.17. The lowest BCUT2D eigenvalue weighted by molar-refractivity contribution is -0.150. The number of carbonyl (C=O) groups is 4. The third kappa shape index (κ3) is 9.94. The van der Waals surface area contributed by atoms with Gasteiger partial charge in [-0.15, -0.1) is 11.6 Å². The number of benzene rings is 1. The van der Waals surface area contributed by atoms with Gasteiger partial charge < -0.3 is 10.5 Å². The molecule has 160 valence electrons. The summed E-state index contributed by atoms with van der Waals surface area (Å²) in [6.45, 7) is 3.86. The average Bonchev–Trinajstić information content (AvgIpc) is 2.68. The number of esters is 1. The van der Waals surface area contributed by atoms with E-state index >= 15 is 0 Å². The minimum absolute atomic E-state index is 0.0977. The lowest BCUT2D eigenvalue weighted by Crippen LogP contribution is -2.50. The molecule has 0 aromatic heterocycles. The van der Waals surface area contributed by atoms with E-state index < -0.39 is 29.6 Å². The van der Waals surface area contributed by atoms with Crippen LogP contribution in [-0.2, 0) is 30.5 Å². The number of rotatable bonds is 11.